The molecule has 6 aromatic rings. The van der Waals surface area contributed by atoms with Crippen molar-refractivity contribution in [2.75, 3.05) is 33.5 Å². The largest absolute Gasteiger partial charge is 1.00 e. The van der Waals surface area contributed by atoms with Crippen LogP contribution in [0.2, 0.25) is 0 Å². The van der Waals surface area contributed by atoms with Crippen molar-refractivity contribution in [1.29, 1.82) is 0 Å². The van der Waals surface area contributed by atoms with Crippen LogP contribution in [0, 0.1) is 69.0 Å². The molecule has 0 heterocycles. The molecule has 0 radical (unpaired) electrons. The number of rotatable bonds is 17. The number of aliphatic carboxylic acids is 1. The van der Waals surface area contributed by atoms with Gasteiger partial charge >= 0.3 is 160 Å². The zero-order valence-corrected chi connectivity index (χ0v) is 83.9. The normalized spacial score (nSPS) is 29.8. The summed E-state index contributed by atoms with van der Waals surface area (Å²) < 4.78 is 167. The van der Waals surface area contributed by atoms with Gasteiger partial charge in [-0.15, -0.1) is 0 Å². The molecule has 17 nitrogen and oxygen atoms in total. The van der Waals surface area contributed by atoms with Gasteiger partial charge in [-0.2, -0.15) is 56.7 Å². The van der Waals surface area contributed by atoms with Crippen LogP contribution in [-0.4, -0.2) is 155 Å². The fraction of sp³-hybridized carbons (Fsp3) is 0.568. The topological polar surface area (TPSA) is 278 Å². The van der Waals surface area contributed by atoms with Gasteiger partial charge in [-0.1, -0.05) is 109 Å². The van der Waals surface area contributed by atoms with E-state index < -0.39 is 93.7 Å². The van der Waals surface area contributed by atoms with Crippen molar-refractivity contribution in [3.05, 3.63) is 182 Å². The van der Waals surface area contributed by atoms with E-state index in [0.717, 1.165) is 116 Å². The molecule has 130 heavy (non-hydrogen) atoms. The standard InChI is InChI=1S/2C18H15S.3C14H20F2O3.C11H18O2.C3H3F3O2.C3H4F2O2.ClH.3Na.O2S/c2*1-4-10-16(11-5-1)19(17-12-6-2-7-13-17)18-14-8-3-9-15-18;3*1-12(15,16)11(17)19-8-13-3-9-2-10(4-13)6-14(18,5-9)7-13;12-7-10-2-8-1-9(3-10)5-11(13,4-8)6-10;1-8-2(7)3(4,5)6;1-3(4,5)2(6)7;;;;;1-3-2/h2*1-15H;3*9-10,18H,2-8H2,1H3;8-9,12-13H,1-7H2;1H3;1H3,(H,6,7);1H;;;;/q2*+1;;;;;;;;3*+1;/p-1. The molecule has 8 unspecified atom stereocenters. The molecular formula is C95H115ClF11Na3O17S3+4. The minimum atomic E-state index is -4.85. The first-order valence-electron chi connectivity index (χ1n) is 42.6. The van der Waals surface area contributed by atoms with E-state index in [-0.39, 0.29) is 164 Å². The second-order valence-electron chi connectivity index (χ2n) is 38.0. The van der Waals surface area contributed by atoms with E-state index in [1.807, 2.05) is 0 Å². The molecule has 16 aliphatic rings. The van der Waals surface area contributed by atoms with Gasteiger partial charge in [-0.05, 0) is 280 Å². The van der Waals surface area contributed by atoms with E-state index in [9.17, 15) is 97.8 Å². The third kappa shape index (κ3) is 32.0. The summed E-state index contributed by atoms with van der Waals surface area (Å²) in [5.74, 6) is -18.3. The molecule has 0 aromatic heterocycles. The Morgan fingerprint density at radius 1 is 0.338 bits per heavy atom. The van der Waals surface area contributed by atoms with E-state index in [4.69, 9.17) is 27.7 Å². The van der Waals surface area contributed by atoms with Gasteiger partial charge in [0.2, 0.25) is 0 Å². The number of carbonyl (C=O) groups is 5. The Morgan fingerprint density at radius 2 is 0.508 bits per heavy atom. The Bertz CT molecular complexity index is 4080. The maximum absolute atomic E-state index is 12.8. The quantitative estimate of drug-likeness (QED) is 0.0173. The number of ether oxygens (including phenoxy) is 4. The molecule has 0 amide bonds. The van der Waals surface area contributed by atoms with Gasteiger partial charge in [0.25, 0.3) is 0 Å². The van der Waals surface area contributed by atoms with E-state index in [0.29, 0.717) is 108 Å². The van der Waals surface area contributed by atoms with Crippen molar-refractivity contribution >= 4 is 63.2 Å². The number of esters is 4. The second-order valence-corrected chi connectivity index (χ2v) is 42.2. The van der Waals surface area contributed by atoms with Crippen LogP contribution >= 0.6 is 0 Å². The molecule has 0 spiro atoms. The molecule has 6 N–H and O–H groups in total. The van der Waals surface area contributed by atoms with Crippen LogP contribution in [0.1, 0.15) is 182 Å². The van der Waals surface area contributed by atoms with Gasteiger partial charge in [0.15, 0.2) is 29.4 Å². The summed E-state index contributed by atoms with van der Waals surface area (Å²) in [4.78, 5) is 60.5. The summed E-state index contributed by atoms with van der Waals surface area (Å²) in [7, 11) is 0.647. The van der Waals surface area contributed by atoms with Gasteiger partial charge in [-0.3, -0.25) is 0 Å². The Morgan fingerprint density at radius 3 is 0.638 bits per heavy atom. The average Bonchev–Trinajstić information content (AvgIpc) is 0.745. The summed E-state index contributed by atoms with van der Waals surface area (Å²) >= 11 is -0.750. The minimum Gasteiger partial charge on any atom is -1.00 e. The minimum absolute atomic E-state index is 0. The Kier molecular flexibility index (Phi) is 41.9. The Labute approximate surface area is 834 Å². The molecule has 22 rings (SSSR count). The fourth-order valence-corrected chi connectivity index (χ4v) is 27.8. The maximum atomic E-state index is 12.8. The molecule has 35 heteroatoms. The Hall–Kier alpha value is -4.49. The zero-order chi connectivity index (χ0) is 92.2. The summed E-state index contributed by atoms with van der Waals surface area (Å²) in [6, 6.07) is 64.3. The SMILES string of the molecule is CC(F)(F)C(=O)O.CC(F)(F)C(=O)OCC12CC3CC(CC(O)(C3)C1)C2.CC(F)(F)C(=O)OCC12CC3CC(CC(O)(C3)C1)C2.CC(F)(F)C(=O)OCC12CC3CC(CC(O)(C3)C1)C2.COC(=O)C(F)(F)F.O=S=O.OCC12CC3CC(CC(O)(C3)C1)C2.[Cl-].[Na+].[Na+].[Na+].c1ccc([S+](c2ccccc2)c2ccccc2)cc1.c1ccc([S+](c2ccccc2)c2ccccc2)cc1. The summed E-state index contributed by atoms with van der Waals surface area (Å²) in [6.07, 6.45) is 17.1. The van der Waals surface area contributed by atoms with Crippen LogP contribution in [0.15, 0.2) is 211 Å². The summed E-state index contributed by atoms with van der Waals surface area (Å²) in [5.41, 5.74) is -3.02. The number of alkyl halides is 11. The molecule has 0 aliphatic heterocycles. The number of carboxylic acids is 1. The molecule has 16 fully saturated rings. The number of hydrogen-bond acceptors (Lipinski definition) is 16. The van der Waals surface area contributed by atoms with E-state index in [1.54, 1.807) is 0 Å². The van der Waals surface area contributed by atoms with Crippen molar-refractivity contribution < 1.29 is 231 Å². The first-order chi connectivity index (χ1) is 59.0. The molecular weight excluding hydrogens is 1820 g/mol. The summed E-state index contributed by atoms with van der Waals surface area (Å²) in [5, 5.41) is 58.7. The van der Waals surface area contributed by atoms with Crippen molar-refractivity contribution in [2.24, 2.45) is 69.0 Å². The van der Waals surface area contributed by atoms with E-state index in [2.05, 4.69) is 187 Å². The second kappa shape index (κ2) is 47.7. The zero-order valence-electron chi connectivity index (χ0n) is 74.7. The summed E-state index contributed by atoms with van der Waals surface area (Å²) in [6.45, 7) is 2.39. The van der Waals surface area contributed by atoms with Crippen molar-refractivity contribution in [2.45, 2.75) is 263 Å². The molecule has 0 saturated heterocycles. The molecule has 6 aromatic carbocycles. The molecule has 16 saturated carbocycles. The van der Waals surface area contributed by atoms with Crippen LogP contribution in [0.5, 0.6) is 0 Å². The van der Waals surface area contributed by atoms with Gasteiger partial charge < -0.3 is 62.0 Å². The third-order valence-electron chi connectivity index (χ3n) is 26.2. The molecule has 16 aliphatic carbocycles. The van der Waals surface area contributed by atoms with Crippen molar-refractivity contribution in [3.63, 3.8) is 0 Å². The van der Waals surface area contributed by atoms with Crippen molar-refractivity contribution in [3.8, 4) is 0 Å². The predicted molar refractivity (Wildman–Crippen MR) is 448 cm³/mol. The van der Waals surface area contributed by atoms with E-state index >= 15 is 0 Å². The van der Waals surface area contributed by atoms with Crippen LogP contribution in [0.3, 0.4) is 0 Å². The van der Waals surface area contributed by atoms with Crippen molar-refractivity contribution in [1.82, 2.24) is 0 Å². The number of benzene rings is 6. The van der Waals surface area contributed by atoms with E-state index in [1.165, 1.54) is 48.6 Å². The Balaban J connectivity index is 0.000000231. The fourth-order valence-electron chi connectivity index (χ4n) is 23.6. The van der Waals surface area contributed by atoms with Gasteiger partial charge in [-0.25, -0.2) is 24.0 Å². The number of methoxy groups -OCH3 is 1. The number of carboxylic acid groups (broad SMARTS) is 1. The number of aliphatic hydroxyl groups excluding tert-OH is 1. The average molecular weight is 1940 g/mol. The van der Waals surface area contributed by atoms with Crippen LogP contribution in [0.4, 0.5) is 48.3 Å². The molecule has 16 bridgehead atoms. The predicted octanol–water partition coefficient (Wildman–Crippen LogP) is 7.22. The van der Waals surface area contributed by atoms with Crippen LogP contribution in [0.25, 0.3) is 0 Å². The molecule has 8 atom stereocenters. The maximum Gasteiger partial charge on any atom is 1.00 e. The van der Waals surface area contributed by atoms with Crippen LogP contribution < -0.4 is 101 Å². The number of hydrogen-bond donors (Lipinski definition) is 6. The van der Waals surface area contributed by atoms with Gasteiger partial charge in [0.05, 0.1) is 71.1 Å². The van der Waals surface area contributed by atoms with Gasteiger partial charge in [0.1, 0.15) is 0 Å². The number of halogens is 12. The molecule has 698 valence electrons. The number of carbonyl (C=O) groups excluding carboxylic acids is 4. The first kappa shape index (κ1) is 114. The third-order valence-corrected chi connectivity index (χ3v) is 30.7. The van der Waals surface area contributed by atoms with Gasteiger partial charge in [0, 0.05) is 50.5 Å². The number of aliphatic hydroxyl groups is 5. The monoisotopic (exact) mass is 1940 g/mol. The first-order valence-corrected chi connectivity index (χ1v) is 45.7. The smallest absolute Gasteiger partial charge is 1.00 e. The van der Waals surface area contributed by atoms with Crippen LogP contribution in [-0.2, 0) is 76.3 Å².